The normalized spacial score (nSPS) is 18.1. The summed E-state index contributed by atoms with van der Waals surface area (Å²) in [7, 11) is -4.59. The molecule has 166 valence electrons. The molecule has 0 aliphatic heterocycles. The number of carbonyl (C=O) groups is 2. The lowest BCUT2D eigenvalue weighted by atomic mass is 9.85. The Bertz CT molecular complexity index is 525. The topological polar surface area (TPSA) is 71.1 Å². The van der Waals surface area contributed by atoms with E-state index in [1.54, 1.807) is 55.4 Å². The second-order valence-electron chi connectivity index (χ2n) is 11.5. The molecule has 0 amide bonds. The molecule has 0 fully saturated rings. The third-order valence-electron chi connectivity index (χ3n) is 3.51. The Kier molecular flexibility index (Phi) is 7.99. The minimum Gasteiger partial charge on any atom is -0.458 e. The molecule has 0 radical (unpaired) electrons. The molecule has 0 saturated carbocycles. The van der Waals surface area contributed by atoms with Crippen LogP contribution in [0.3, 0.4) is 0 Å². The Morgan fingerprint density at radius 1 is 0.536 bits per heavy atom. The average Bonchev–Trinajstić information content (AvgIpc) is 2.29. The van der Waals surface area contributed by atoms with E-state index >= 15 is 0 Å². The summed E-state index contributed by atoms with van der Waals surface area (Å²) < 4.78 is 24.0. The average molecular weight is 435 g/mol. The number of hydrogen-bond donors (Lipinski definition) is 0. The fraction of sp³-hybridized carbons (Fsp3) is 0.900. The van der Waals surface area contributed by atoms with E-state index in [2.05, 4.69) is 0 Å². The Morgan fingerprint density at radius 3 is 0.893 bits per heavy atom. The van der Waals surface area contributed by atoms with Gasteiger partial charge in [0.1, 0.15) is 11.2 Å². The molecule has 0 heterocycles. The zero-order valence-corrected chi connectivity index (χ0v) is 22.4. The maximum absolute atomic E-state index is 13.4. The van der Waals surface area contributed by atoms with Crippen molar-refractivity contribution in [3.63, 3.8) is 0 Å². The van der Waals surface area contributed by atoms with Gasteiger partial charge in [-0.1, -0.05) is 0 Å². The Balaban J connectivity index is 6.59. The van der Waals surface area contributed by atoms with E-state index < -0.39 is 51.0 Å². The molecule has 0 aliphatic rings. The SMILES string of the molecule is CC(C)(C)OC(=O)C(C)(O[Si](C)(C)C)C(C)(O[Si](C)(C)C)C(=O)OC(C)(C)C. The van der Waals surface area contributed by atoms with E-state index in [9.17, 15) is 9.59 Å². The van der Waals surface area contributed by atoms with Gasteiger partial charge in [-0.3, -0.25) is 0 Å². The van der Waals surface area contributed by atoms with Gasteiger partial charge in [0.15, 0.2) is 27.8 Å². The lowest BCUT2D eigenvalue weighted by molar-refractivity contribution is -0.211. The highest BCUT2D eigenvalue weighted by Crippen LogP contribution is 2.39. The van der Waals surface area contributed by atoms with Gasteiger partial charge in [0, 0.05) is 0 Å². The predicted octanol–water partition coefficient (Wildman–Crippen LogP) is 4.89. The number of ether oxygens (including phenoxy) is 2. The summed E-state index contributed by atoms with van der Waals surface area (Å²) in [6, 6.07) is 0. The van der Waals surface area contributed by atoms with E-state index in [-0.39, 0.29) is 0 Å². The van der Waals surface area contributed by atoms with Crippen molar-refractivity contribution in [1.82, 2.24) is 0 Å². The van der Waals surface area contributed by atoms with Gasteiger partial charge in [-0.2, -0.15) is 0 Å². The van der Waals surface area contributed by atoms with Crippen molar-refractivity contribution in [2.45, 2.75) is 117 Å². The van der Waals surface area contributed by atoms with Crippen LogP contribution in [0, 0.1) is 0 Å². The smallest absolute Gasteiger partial charge is 0.341 e. The van der Waals surface area contributed by atoms with Gasteiger partial charge < -0.3 is 18.3 Å². The maximum Gasteiger partial charge on any atom is 0.341 e. The van der Waals surface area contributed by atoms with Gasteiger partial charge in [0.2, 0.25) is 0 Å². The van der Waals surface area contributed by atoms with E-state index in [1.165, 1.54) is 0 Å². The van der Waals surface area contributed by atoms with Crippen LogP contribution in [-0.2, 0) is 27.9 Å². The minimum absolute atomic E-state index is 0.631. The summed E-state index contributed by atoms with van der Waals surface area (Å²) in [4.78, 5) is 26.7. The van der Waals surface area contributed by atoms with Gasteiger partial charge in [-0.25, -0.2) is 9.59 Å². The fourth-order valence-corrected chi connectivity index (χ4v) is 5.65. The maximum atomic E-state index is 13.4. The third kappa shape index (κ3) is 8.35. The van der Waals surface area contributed by atoms with Crippen molar-refractivity contribution < 1.29 is 27.9 Å². The van der Waals surface area contributed by atoms with Crippen LogP contribution in [0.25, 0.3) is 0 Å². The zero-order valence-electron chi connectivity index (χ0n) is 20.4. The molecule has 0 aromatic rings. The summed E-state index contributed by atoms with van der Waals surface area (Å²) in [5, 5.41) is 0. The summed E-state index contributed by atoms with van der Waals surface area (Å²) in [6.07, 6.45) is 0. The first kappa shape index (κ1) is 27.3. The van der Waals surface area contributed by atoms with Crippen LogP contribution in [0.4, 0.5) is 0 Å². The molecule has 0 rings (SSSR count). The quantitative estimate of drug-likeness (QED) is 0.420. The molecule has 2 atom stereocenters. The van der Waals surface area contributed by atoms with Gasteiger partial charge >= 0.3 is 11.9 Å². The molecule has 2 unspecified atom stereocenters. The molecule has 0 N–H and O–H groups in total. The van der Waals surface area contributed by atoms with Crippen molar-refractivity contribution in [1.29, 1.82) is 0 Å². The lowest BCUT2D eigenvalue weighted by Crippen LogP contribution is -2.69. The first-order valence-electron chi connectivity index (χ1n) is 9.79. The summed E-state index contributed by atoms with van der Waals surface area (Å²) in [5.41, 5.74) is -4.80. The molecule has 0 saturated heterocycles. The number of rotatable bonds is 7. The second kappa shape index (κ2) is 8.20. The largest absolute Gasteiger partial charge is 0.458 e. The molecule has 6 nitrogen and oxygen atoms in total. The summed E-state index contributed by atoms with van der Waals surface area (Å²) >= 11 is 0. The van der Waals surface area contributed by atoms with Gasteiger partial charge in [-0.05, 0) is 94.7 Å². The van der Waals surface area contributed by atoms with Crippen molar-refractivity contribution in [2.75, 3.05) is 0 Å². The molecule has 8 heteroatoms. The zero-order chi connectivity index (χ0) is 23.0. The van der Waals surface area contributed by atoms with Crippen LogP contribution in [0.5, 0.6) is 0 Å². The van der Waals surface area contributed by atoms with Crippen molar-refractivity contribution in [3.8, 4) is 0 Å². The Hall–Kier alpha value is -0.706. The second-order valence-corrected chi connectivity index (χ2v) is 20.4. The first-order chi connectivity index (χ1) is 11.9. The highest BCUT2D eigenvalue weighted by molar-refractivity contribution is 6.70. The van der Waals surface area contributed by atoms with Crippen LogP contribution < -0.4 is 0 Å². The molecular formula is C20H42O6Si2. The monoisotopic (exact) mass is 434 g/mol. The van der Waals surface area contributed by atoms with Gasteiger partial charge in [0.05, 0.1) is 0 Å². The third-order valence-corrected chi connectivity index (χ3v) is 5.55. The first-order valence-corrected chi connectivity index (χ1v) is 16.6. The van der Waals surface area contributed by atoms with Crippen LogP contribution in [0.2, 0.25) is 39.3 Å². The van der Waals surface area contributed by atoms with E-state index in [0.717, 1.165) is 0 Å². The molecular weight excluding hydrogens is 392 g/mol. The lowest BCUT2D eigenvalue weighted by Gasteiger charge is -2.48. The van der Waals surface area contributed by atoms with Gasteiger partial charge in [0.25, 0.3) is 0 Å². The van der Waals surface area contributed by atoms with Gasteiger partial charge in [-0.15, -0.1) is 0 Å². The molecule has 0 aromatic heterocycles. The predicted molar refractivity (Wildman–Crippen MR) is 117 cm³/mol. The number of esters is 2. The number of hydrogen-bond acceptors (Lipinski definition) is 6. The molecule has 0 bridgehead atoms. The summed E-state index contributed by atoms with van der Waals surface area (Å²) in [5.74, 6) is -1.26. The molecule has 0 aromatic carbocycles. The highest BCUT2D eigenvalue weighted by Gasteiger charge is 2.63. The van der Waals surface area contributed by atoms with Crippen molar-refractivity contribution >= 4 is 28.6 Å². The van der Waals surface area contributed by atoms with Crippen molar-refractivity contribution in [3.05, 3.63) is 0 Å². The Morgan fingerprint density at radius 2 is 0.750 bits per heavy atom. The molecule has 0 aliphatic carbocycles. The fourth-order valence-electron chi connectivity index (χ4n) is 2.64. The van der Waals surface area contributed by atoms with E-state index in [0.29, 0.717) is 0 Å². The Labute approximate surface area is 173 Å². The van der Waals surface area contributed by atoms with Crippen LogP contribution in [0.15, 0.2) is 0 Å². The number of carbonyl (C=O) groups excluding carboxylic acids is 2. The summed E-state index contributed by atoms with van der Waals surface area (Å²) in [6.45, 7) is 25.6. The molecule has 28 heavy (non-hydrogen) atoms. The molecule has 0 spiro atoms. The van der Waals surface area contributed by atoms with Crippen LogP contribution in [-0.4, -0.2) is 51.0 Å². The van der Waals surface area contributed by atoms with E-state index in [4.69, 9.17) is 18.3 Å². The minimum atomic E-state index is -2.29. The highest BCUT2D eigenvalue weighted by atomic mass is 28.4. The van der Waals surface area contributed by atoms with Crippen LogP contribution >= 0.6 is 0 Å². The standard InChI is InChI=1S/C20H42O6Si2/c1-17(2,3)23-15(21)19(7,25-27(9,10)11)20(8,26-28(12,13)14)16(22)24-18(4,5)6/h1-14H3. The van der Waals surface area contributed by atoms with Crippen LogP contribution in [0.1, 0.15) is 55.4 Å². The van der Waals surface area contributed by atoms with Crippen molar-refractivity contribution in [2.24, 2.45) is 0 Å². The van der Waals surface area contributed by atoms with E-state index in [1.807, 2.05) is 39.3 Å².